The fourth-order valence-corrected chi connectivity index (χ4v) is 10.9. The van der Waals surface area contributed by atoms with E-state index in [0.717, 1.165) is 173 Å². The van der Waals surface area contributed by atoms with Gasteiger partial charge in [0.25, 0.3) is 7.82 Å². The summed E-state index contributed by atoms with van der Waals surface area (Å²) in [5, 5.41) is 0. The molecule has 0 aliphatic rings. The lowest BCUT2D eigenvalue weighted by atomic mass is 10.0. The average Bonchev–Trinajstić information content (AvgIpc) is 0.914. The fraction of sp³-hybridized carbons (Fsp3) is 0.565. The monoisotopic (exact) mass is 1420 g/mol. The zero-order chi connectivity index (χ0) is 74.0. The van der Waals surface area contributed by atoms with Gasteiger partial charge in [-0.3, -0.25) is 14.2 Å². The molecule has 0 N–H and O–H groups in total. The smallest absolute Gasteiger partial charge is 0.306 e. The number of unbranched alkanes of at least 4 members (excludes halogenated alkanes) is 19. The van der Waals surface area contributed by atoms with E-state index in [0.29, 0.717) is 23.9 Å². The first kappa shape index (κ1) is 96.1. The molecule has 2 unspecified atom stereocenters. The second-order valence-electron chi connectivity index (χ2n) is 27.0. The summed E-state index contributed by atoms with van der Waals surface area (Å²) in [6.45, 7) is 3.97. The quantitative estimate of drug-likeness (QED) is 0.0195. The van der Waals surface area contributed by atoms with Crippen molar-refractivity contribution in [1.29, 1.82) is 0 Å². The minimum Gasteiger partial charge on any atom is -0.756 e. The van der Waals surface area contributed by atoms with Crippen LogP contribution in [0.1, 0.15) is 284 Å². The van der Waals surface area contributed by atoms with Crippen molar-refractivity contribution in [3.63, 3.8) is 0 Å². The van der Waals surface area contributed by atoms with E-state index in [1.54, 1.807) is 0 Å². The number of phosphoric acid groups is 1. The molecular formula is C92H146NO8P. The number of phosphoric ester groups is 1. The molecule has 0 rings (SSSR count). The second-order valence-corrected chi connectivity index (χ2v) is 28.4. The van der Waals surface area contributed by atoms with Crippen molar-refractivity contribution >= 4 is 19.8 Å². The Morgan fingerprint density at radius 1 is 0.304 bits per heavy atom. The number of hydrogen-bond acceptors (Lipinski definition) is 8. The molecule has 0 amide bonds. The Kier molecular flexibility index (Phi) is 74.6. The van der Waals surface area contributed by atoms with Crippen LogP contribution in [0.4, 0.5) is 0 Å². The number of nitrogens with zero attached hydrogens (tertiary/aromatic N) is 1. The van der Waals surface area contributed by atoms with Gasteiger partial charge in [0.2, 0.25) is 0 Å². The van der Waals surface area contributed by atoms with E-state index in [1.807, 2.05) is 21.1 Å². The largest absolute Gasteiger partial charge is 0.756 e. The molecule has 0 radical (unpaired) electrons. The number of quaternary nitrogens is 1. The maximum atomic E-state index is 12.9. The SMILES string of the molecule is CC/C=C\C/C=C\C/C=C\C/C=C\C/C=C\C/C=C\C/C=C\C/C=C\C/C=C\C/C=C\C/C=C\CCCCCCCC(=O)OC(COC(=O)CCCCCCCCCCCCCCCC/C=C\C/C=C\C/C=C\C/C=C\C/C=C\C/C=C\C/C=C\C/C=C\CC)COP(=O)([O-])OCC[N+](C)(C)C. The van der Waals surface area contributed by atoms with Crippen LogP contribution in [-0.4, -0.2) is 70.0 Å². The zero-order valence-electron chi connectivity index (χ0n) is 65.2. The number of esters is 2. The summed E-state index contributed by atoms with van der Waals surface area (Å²) in [6.07, 6.45) is 127. The number of ether oxygens (including phenoxy) is 2. The number of likely N-dealkylation sites (N-methyl/N-ethyl adjacent to an activating group) is 1. The van der Waals surface area contributed by atoms with Crippen molar-refractivity contribution in [2.45, 2.75) is 290 Å². The van der Waals surface area contributed by atoms with E-state index in [2.05, 4.69) is 245 Å². The lowest BCUT2D eigenvalue weighted by Crippen LogP contribution is -2.37. The number of carbonyl (C=O) groups excluding carboxylic acids is 2. The van der Waals surface area contributed by atoms with Gasteiger partial charge in [-0.2, -0.15) is 0 Å². The Morgan fingerprint density at radius 2 is 0.529 bits per heavy atom. The molecule has 0 aliphatic heterocycles. The van der Waals surface area contributed by atoms with Gasteiger partial charge in [-0.25, -0.2) is 0 Å². The molecule has 0 saturated carbocycles. The Balaban J connectivity index is 4.12. The van der Waals surface area contributed by atoms with Crippen molar-refractivity contribution in [3.8, 4) is 0 Å². The maximum Gasteiger partial charge on any atom is 0.306 e. The predicted octanol–water partition coefficient (Wildman–Crippen LogP) is 26.6. The first-order chi connectivity index (χ1) is 50.0. The highest BCUT2D eigenvalue weighted by Gasteiger charge is 2.22. The van der Waals surface area contributed by atoms with Gasteiger partial charge >= 0.3 is 11.9 Å². The second kappa shape index (κ2) is 79.2. The van der Waals surface area contributed by atoms with Crippen LogP contribution in [-0.2, 0) is 32.7 Å². The zero-order valence-corrected chi connectivity index (χ0v) is 66.1. The first-order valence-corrected chi connectivity index (χ1v) is 41.6. The van der Waals surface area contributed by atoms with Gasteiger partial charge in [0.05, 0.1) is 27.7 Å². The summed E-state index contributed by atoms with van der Waals surface area (Å²) < 4.78 is 34.4. The summed E-state index contributed by atoms with van der Waals surface area (Å²) in [4.78, 5) is 38.2. The van der Waals surface area contributed by atoms with Crippen LogP contribution in [0.15, 0.2) is 231 Å². The third kappa shape index (κ3) is 83.0. The third-order valence-electron chi connectivity index (χ3n) is 16.2. The molecule has 2 atom stereocenters. The van der Waals surface area contributed by atoms with Crippen molar-refractivity contribution in [1.82, 2.24) is 0 Å². The molecule has 0 aliphatic carbocycles. The molecule has 0 spiro atoms. The summed E-state index contributed by atoms with van der Waals surface area (Å²) in [7, 11) is 1.13. The van der Waals surface area contributed by atoms with Gasteiger partial charge in [-0.1, -0.05) is 341 Å². The highest BCUT2D eigenvalue weighted by Crippen LogP contribution is 2.38. The molecule has 0 aromatic carbocycles. The van der Waals surface area contributed by atoms with E-state index < -0.39 is 32.5 Å². The van der Waals surface area contributed by atoms with Crippen molar-refractivity contribution in [2.24, 2.45) is 0 Å². The van der Waals surface area contributed by atoms with E-state index in [9.17, 15) is 19.0 Å². The Hall–Kier alpha value is -5.93. The topological polar surface area (TPSA) is 111 Å². The molecule has 0 heterocycles. The summed E-state index contributed by atoms with van der Waals surface area (Å²) in [6, 6.07) is 0. The fourth-order valence-electron chi connectivity index (χ4n) is 10.1. The molecule has 0 aromatic heterocycles. The number of allylic oxidation sites excluding steroid dienone is 38. The van der Waals surface area contributed by atoms with E-state index in [4.69, 9.17) is 18.5 Å². The standard InChI is InChI=1S/C92H146NO8P/c1-6-8-10-12-14-16-18-20-22-24-26-28-30-32-34-36-38-40-42-44-46-48-50-52-54-56-58-60-62-64-66-68-70-72-74-76-78-80-82-84-91(94)98-88-90(89-100-102(96,97)99-87-86-93(3,4)5)101-92(95)85-83-81-79-77-75-73-71-69-67-65-63-61-59-57-55-53-51-49-47-45-43-41-39-37-35-33-31-29-27-25-23-21-19-17-15-13-11-9-7-2/h8-11,14-17,20-23,26-29,32-35,38-41,44-47,50-53,57,59,63,65,69,71,90H,6-7,12-13,18-19,24-25,30-31,36-37,42-43,48-49,54-56,58,60-62,64,66-68,70,72-89H2,1-5H3/b10-8-,11-9-,16-14-,17-15-,22-20-,23-21-,28-26-,29-27-,34-32-,35-33-,40-38-,41-39-,46-44-,47-45-,52-50-,53-51-,59-57-,65-63-,71-69-. The van der Waals surface area contributed by atoms with Crippen LogP contribution in [0.3, 0.4) is 0 Å². The van der Waals surface area contributed by atoms with Gasteiger partial charge in [0.15, 0.2) is 6.10 Å². The van der Waals surface area contributed by atoms with Crippen molar-refractivity contribution < 1.29 is 42.1 Å². The van der Waals surface area contributed by atoms with Crippen LogP contribution in [0.5, 0.6) is 0 Å². The average molecular weight is 1430 g/mol. The van der Waals surface area contributed by atoms with Gasteiger partial charge in [0.1, 0.15) is 19.8 Å². The van der Waals surface area contributed by atoms with Gasteiger partial charge in [-0.15, -0.1) is 0 Å². The molecule has 0 bridgehead atoms. The summed E-state index contributed by atoms with van der Waals surface area (Å²) in [5.74, 6) is -0.868. The van der Waals surface area contributed by atoms with Crippen LogP contribution < -0.4 is 4.89 Å². The molecule has 102 heavy (non-hydrogen) atoms. The van der Waals surface area contributed by atoms with Crippen LogP contribution in [0, 0.1) is 0 Å². The van der Waals surface area contributed by atoms with Crippen LogP contribution in [0.25, 0.3) is 0 Å². The number of hydrogen-bond donors (Lipinski definition) is 0. The molecule has 572 valence electrons. The lowest BCUT2D eigenvalue weighted by molar-refractivity contribution is -0.870. The molecule has 9 nitrogen and oxygen atoms in total. The lowest BCUT2D eigenvalue weighted by Gasteiger charge is -2.28. The van der Waals surface area contributed by atoms with E-state index >= 15 is 0 Å². The molecular weight excluding hydrogens is 1280 g/mol. The van der Waals surface area contributed by atoms with Crippen LogP contribution >= 0.6 is 7.82 Å². The Labute approximate surface area is 626 Å². The highest BCUT2D eigenvalue weighted by atomic mass is 31.2. The number of carbonyl (C=O) groups is 2. The minimum absolute atomic E-state index is 0.0462. The molecule has 0 saturated heterocycles. The maximum absolute atomic E-state index is 12.9. The highest BCUT2D eigenvalue weighted by molar-refractivity contribution is 7.45. The van der Waals surface area contributed by atoms with Gasteiger partial charge in [0, 0.05) is 12.8 Å². The van der Waals surface area contributed by atoms with Crippen molar-refractivity contribution in [3.05, 3.63) is 231 Å². The Bertz CT molecular complexity index is 2580. The summed E-state index contributed by atoms with van der Waals surface area (Å²) in [5.41, 5.74) is 0. The van der Waals surface area contributed by atoms with E-state index in [1.165, 1.54) is 70.6 Å². The van der Waals surface area contributed by atoms with Gasteiger partial charge < -0.3 is 27.9 Å². The third-order valence-corrected chi connectivity index (χ3v) is 17.1. The minimum atomic E-state index is -4.67. The molecule has 0 fully saturated rings. The first-order valence-electron chi connectivity index (χ1n) is 40.1. The van der Waals surface area contributed by atoms with Crippen molar-refractivity contribution in [2.75, 3.05) is 47.5 Å². The number of rotatable bonds is 71. The van der Waals surface area contributed by atoms with Crippen LogP contribution in [0.2, 0.25) is 0 Å². The predicted molar refractivity (Wildman–Crippen MR) is 442 cm³/mol. The Morgan fingerprint density at radius 3 is 0.784 bits per heavy atom. The normalized spacial score (nSPS) is 14.3. The van der Waals surface area contributed by atoms with Gasteiger partial charge in [-0.05, 0) is 161 Å². The molecule has 10 heteroatoms. The molecule has 0 aromatic rings. The summed E-state index contributed by atoms with van der Waals surface area (Å²) >= 11 is 0. The van der Waals surface area contributed by atoms with E-state index in [-0.39, 0.29) is 26.1 Å².